The first kappa shape index (κ1) is 35.2. The van der Waals surface area contributed by atoms with Gasteiger partial charge in [0.2, 0.25) is 5.79 Å². The molecule has 0 aromatic carbocycles. The van der Waals surface area contributed by atoms with E-state index in [4.69, 9.17) is 23.7 Å². The lowest BCUT2D eigenvalue weighted by molar-refractivity contribution is -0.230. The van der Waals surface area contributed by atoms with Crippen molar-refractivity contribution >= 4 is 18.0 Å². The molecule has 1 saturated carbocycles. The number of esters is 2. The molecule has 3 heterocycles. The van der Waals surface area contributed by atoms with E-state index in [9.17, 15) is 19.8 Å². The van der Waals surface area contributed by atoms with Gasteiger partial charge in [0.25, 0.3) is 0 Å². The highest BCUT2D eigenvalue weighted by atomic mass is 16.7. The Balaban J connectivity index is 1.49. The predicted octanol–water partition coefficient (Wildman–Crippen LogP) is 4.05. The molecule has 47 heavy (non-hydrogen) atoms. The number of aliphatic hydroxyl groups excluding tert-OH is 2. The van der Waals surface area contributed by atoms with Crippen LogP contribution >= 0.6 is 0 Å². The molecule has 2 aliphatic heterocycles. The second kappa shape index (κ2) is 14.2. The normalized spacial score (nSPS) is 37.1. The molecule has 0 unspecified atom stereocenters. The van der Waals surface area contributed by atoms with E-state index in [2.05, 4.69) is 37.9 Å². The van der Waals surface area contributed by atoms with E-state index < -0.39 is 53.8 Å². The van der Waals surface area contributed by atoms with Gasteiger partial charge in [-0.15, -0.1) is 0 Å². The van der Waals surface area contributed by atoms with Crippen molar-refractivity contribution < 1.29 is 43.5 Å². The first-order valence-corrected chi connectivity index (χ1v) is 16.6. The molecule has 5 rings (SSSR count). The van der Waals surface area contributed by atoms with Crippen LogP contribution in [0, 0.1) is 23.7 Å². The van der Waals surface area contributed by atoms with Crippen LogP contribution in [0.5, 0.6) is 0 Å². The molecule has 2 N–H and O–H groups in total. The smallest absolute Gasteiger partial charge is 0.331 e. The van der Waals surface area contributed by atoms with Crippen LogP contribution in [0.25, 0.3) is 6.08 Å². The van der Waals surface area contributed by atoms with Crippen LogP contribution < -0.4 is 0 Å². The van der Waals surface area contributed by atoms with Crippen LogP contribution in [0.4, 0.5) is 0 Å². The van der Waals surface area contributed by atoms with Gasteiger partial charge in [0.15, 0.2) is 6.10 Å². The Hall–Kier alpha value is -3.09. The minimum absolute atomic E-state index is 0.0474. The van der Waals surface area contributed by atoms with Gasteiger partial charge < -0.3 is 38.5 Å². The fraction of sp³-hybridized carbons (Fsp3) is 0.639. The number of methoxy groups -OCH3 is 1. The number of fused-ring (bicyclic) bond motifs is 3. The highest BCUT2D eigenvalue weighted by Crippen LogP contribution is 2.50. The molecule has 1 fully saturated rings. The molecule has 4 aliphatic rings. The van der Waals surface area contributed by atoms with Crippen LogP contribution in [0.3, 0.4) is 0 Å². The van der Waals surface area contributed by atoms with Gasteiger partial charge in [0.1, 0.15) is 17.8 Å². The number of imidazole rings is 1. The summed E-state index contributed by atoms with van der Waals surface area (Å²) < 4.78 is 32.9. The summed E-state index contributed by atoms with van der Waals surface area (Å²) in [4.78, 5) is 29.4. The van der Waals surface area contributed by atoms with Gasteiger partial charge in [-0.05, 0) is 81.4 Å². The summed E-state index contributed by atoms with van der Waals surface area (Å²) in [5.74, 6) is -1.62. The first-order chi connectivity index (χ1) is 22.2. The van der Waals surface area contributed by atoms with Crippen molar-refractivity contribution in [2.24, 2.45) is 30.7 Å². The molecular formula is C36H50N2O9. The SMILES string of the molecule is CO[C@]12C=C[C@](C)(O1)[C@@H](OC(=O)C=Cc1cn(C)cn1)C[C@H]1C(C)=CC[C@H](C(C)C)[C@H]1C=C2CO[C@@H]1CC[C@@H](O)[C@@H](O)[C@H]1OC(C)=O. The fourth-order valence-electron chi connectivity index (χ4n) is 7.59. The second-order valence-corrected chi connectivity index (χ2v) is 14.0. The lowest BCUT2D eigenvalue weighted by atomic mass is 9.65. The molecule has 0 spiro atoms. The lowest BCUT2D eigenvalue weighted by Gasteiger charge is -2.41. The fourth-order valence-corrected chi connectivity index (χ4v) is 7.59. The highest BCUT2D eigenvalue weighted by molar-refractivity contribution is 5.86. The predicted molar refractivity (Wildman–Crippen MR) is 173 cm³/mol. The summed E-state index contributed by atoms with van der Waals surface area (Å²) in [5, 5.41) is 21.0. The average molecular weight is 655 g/mol. The van der Waals surface area contributed by atoms with Crippen molar-refractivity contribution in [1.82, 2.24) is 9.55 Å². The number of carbonyl (C=O) groups excluding carboxylic acids is 2. The number of hydrogen-bond acceptors (Lipinski definition) is 10. The molecule has 10 atom stereocenters. The van der Waals surface area contributed by atoms with E-state index in [1.165, 1.54) is 18.6 Å². The van der Waals surface area contributed by atoms with Gasteiger partial charge in [-0.25, -0.2) is 9.78 Å². The maximum absolute atomic E-state index is 13.3. The number of rotatable bonds is 9. The van der Waals surface area contributed by atoms with Crippen molar-refractivity contribution in [3.05, 3.63) is 59.7 Å². The Morgan fingerprint density at radius 3 is 2.64 bits per heavy atom. The quantitative estimate of drug-likeness (QED) is 0.228. The van der Waals surface area contributed by atoms with Gasteiger partial charge in [-0.2, -0.15) is 0 Å². The van der Waals surface area contributed by atoms with Crippen LogP contribution in [0.2, 0.25) is 0 Å². The Morgan fingerprint density at radius 2 is 1.98 bits per heavy atom. The maximum Gasteiger partial charge on any atom is 0.331 e. The molecule has 0 saturated heterocycles. The highest BCUT2D eigenvalue weighted by Gasteiger charge is 2.54. The number of allylic oxidation sites excluding steroid dienone is 3. The van der Waals surface area contributed by atoms with Crippen LogP contribution in [0.15, 0.2) is 54.1 Å². The topological polar surface area (TPSA) is 139 Å². The summed E-state index contributed by atoms with van der Waals surface area (Å²) in [6.07, 6.45) is 12.3. The minimum atomic E-state index is -1.32. The molecule has 0 amide bonds. The summed E-state index contributed by atoms with van der Waals surface area (Å²) in [6, 6.07) is 0. The molecule has 258 valence electrons. The Kier molecular flexibility index (Phi) is 10.6. The zero-order valence-electron chi connectivity index (χ0n) is 28.5. The number of aliphatic hydroxyl groups is 2. The number of aryl methyl sites for hydroxylation is 1. The average Bonchev–Trinajstić information content (AvgIpc) is 3.61. The summed E-state index contributed by atoms with van der Waals surface area (Å²) in [5.41, 5.74) is 1.58. The van der Waals surface area contributed by atoms with E-state index in [-0.39, 0.29) is 18.4 Å². The third kappa shape index (κ3) is 7.49. The second-order valence-electron chi connectivity index (χ2n) is 14.0. The van der Waals surface area contributed by atoms with Crippen molar-refractivity contribution in [3.8, 4) is 0 Å². The zero-order chi connectivity index (χ0) is 34.1. The molecule has 1 aromatic heterocycles. The van der Waals surface area contributed by atoms with E-state index in [0.717, 1.165) is 12.0 Å². The molecule has 11 heteroatoms. The van der Waals surface area contributed by atoms with Gasteiger partial charge in [-0.3, -0.25) is 4.79 Å². The third-order valence-corrected chi connectivity index (χ3v) is 10.3. The summed E-state index contributed by atoms with van der Waals surface area (Å²) >= 11 is 0. The standard InChI is InChI=1S/C36H50N2O9/c1-21(2)26-10-8-22(3)27-17-31(46-32(41)13-9-25-18-38(6)20-37-25)35(5)14-15-36(43-7,47-35)24(16-28(26)27)19-44-30-12-11-29(40)33(42)34(30)45-23(4)39/h8-9,13-16,18,20-21,26-31,33-34,40,42H,10-12,17,19H2,1-7H3/t26-,27+,28-,29-,30-,31+,33-,34+,35+,36-/m1/s1. The number of carbonyl (C=O) groups is 2. The summed E-state index contributed by atoms with van der Waals surface area (Å²) in [7, 11) is 3.44. The summed E-state index contributed by atoms with van der Waals surface area (Å²) in [6.45, 7) is 9.82. The lowest BCUT2D eigenvalue weighted by Crippen LogP contribution is -2.52. The van der Waals surface area contributed by atoms with Gasteiger partial charge in [-0.1, -0.05) is 31.6 Å². The molecule has 1 aromatic rings. The zero-order valence-corrected chi connectivity index (χ0v) is 28.5. The largest absolute Gasteiger partial charge is 0.457 e. The Labute approximate surface area is 277 Å². The van der Waals surface area contributed by atoms with Crippen molar-refractivity contribution in [3.63, 3.8) is 0 Å². The van der Waals surface area contributed by atoms with Crippen molar-refractivity contribution in [2.45, 2.75) is 102 Å². The number of nitrogens with zero attached hydrogens (tertiary/aromatic N) is 2. The van der Waals surface area contributed by atoms with E-state index in [1.807, 2.05) is 32.3 Å². The minimum Gasteiger partial charge on any atom is -0.457 e. The van der Waals surface area contributed by atoms with Gasteiger partial charge in [0, 0.05) is 38.9 Å². The van der Waals surface area contributed by atoms with Crippen LogP contribution in [-0.4, -0.2) is 87.3 Å². The van der Waals surface area contributed by atoms with Crippen molar-refractivity contribution in [2.75, 3.05) is 13.7 Å². The van der Waals surface area contributed by atoms with E-state index in [1.54, 1.807) is 24.1 Å². The molecule has 11 nitrogen and oxygen atoms in total. The first-order valence-electron chi connectivity index (χ1n) is 16.6. The van der Waals surface area contributed by atoms with E-state index in [0.29, 0.717) is 36.8 Å². The number of hydrogen-bond donors (Lipinski definition) is 2. The third-order valence-electron chi connectivity index (χ3n) is 10.3. The van der Waals surface area contributed by atoms with Crippen LogP contribution in [-0.2, 0) is 40.3 Å². The maximum atomic E-state index is 13.3. The van der Waals surface area contributed by atoms with Crippen molar-refractivity contribution in [1.29, 1.82) is 0 Å². The number of aromatic nitrogens is 2. The monoisotopic (exact) mass is 654 g/mol. The molecule has 0 radical (unpaired) electrons. The van der Waals surface area contributed by atoms with E-state index >= 15 is 0 Å². The molecule has 2 bridgehead atoms. The van der Waals surface area contributed by atoms with Gasteiger partial charge in [0.05, 0.1) is 30.8 Å². The van der Waals surface area contributed by atoms with Crippen LogP contribution in [0.1, 0.15) is 66.0 Å². The molecule has 2 aliphatic carbocycles. The number of ether oxygens (including phenoxy) is 5. The Bertz CT molecular complexity index is 1430. The van der Waals surface area contributed by atoms with Gasteiger partial charge >= 0.3 is 11.9 Å². The molecular weight excluding hydrogens is 604 g/mol. The Morgan fingerprint density at radius 1 is 1.21 bits per heavy atom.